The molecule has 0 saturated heterocycles. The van der Waals surface area contributed by atoms with Crippen molar-refractivity contribution < 1.29 is 23.4 Å². The van der Waals surface area contributed by atoms with E-state index >= 15 is 0 Å². The summed E-state index contributed by atoms with van der Waals surface area (Å²) in [5.74, 6) is -2.44. The van der Waals surface area contributed by atoms with Gasteiger partial charge in [-0.25, -0.2) is 13.6 Å². The van der Waals surface area contributed by atoms with Gasteiger partial charge in [-0.05, 0) is 60.1 Å². The molecular formula is C18H18F2IN3O3. The third-order valence-electron chi connectivity index (χ3n) is 4.41. The van der Waals surface area contributed by atoms with Gasteiger partial charge >= 0.3 is 5.97 Å². The van der Waals surface area contributed by atoms with E-state index in [9.17, 15) is 18.7 Å². The van der Waals surface area contributed by atoms with Crippen LogP contribution in [0, 0.1) is 15.2 Å². The Hall–Kier alpha value is -1.85. The maximum atomic E-state index is 14.3. The molecule has 27 heavy (non-hydrogen) atoms. The predicted octanol–water partition coefficient (Wildman–Crippen LogP) is 3.11. The van der Waals surface area contributed by atoms with Gasteiger partial charge in [-0.1, -0.05) is 0 Å². The van der Waals surface area contributed by atoms with Gasteiger partial charge in [0.1, 0.15) is 23.6 Å². The monoisotopic (exact) mass is 489 g/mol. The number of nitrogens with zero attached hydrogens (tertiary/aromatic N) is 1. The first kappa shape index (κ1) is 19.9. The molecule has 4 N–H and O–H groups in total. The van der Waals surface area contributed by atoms with E-state index < -0.39 is 41.4 Å². The van der Waals surface area contributed by atoms with E-state index in [1.807, 2.05) is 22.6 Å². The summed E-state index contributed by atoms with van der Waals surface area (Å²) in [6.07, 6.45) is 1.98. The smallest absolute Gasteiger partial charge is 0.343 e. The van der Waals surface area contributed by atoms with Gasteiger partial charge in [-0.3, -0.25) is 4.98 Å². The van der Waals surface area contributed by atoms with E-state index in [1.165, 1.54) is 18.3 Å². The highest BCUT2D eigenvalue weighted by Gasteiger charge is 2.33. The molecule has 0 spiro atoms. The standard InChI is InChI=1S/C18H18F2IN3O3/c19-10-6-9(21)4-5-13(10)24-14-8-23-7-11(20)16(14)18(26)27-15-3-1-2-12(22)17(15)25/h4-8,12,15,17,24-25H,1-3,22H2. The van der Waals surface area contributed by atoms with Gasteiger partial charge in [0.15, 0.2) is 5.82 Å². The number of nitrogens with two attached hydrogens (primary N) is 1. The first-order chi connectivity index (χ1) is 12.9. The maximum Gasteiger partial charge on any atom is 0.343 e. The van der Waals surface area contributed by atoms with Crippen molar-refractivity contribution in [2.75, 3.05) is 5.32 Å². The molecule has 1 fully saturated rings. The number of halogens is 3. The van der Waals surface area contributed by atoms with E-state index in [2.05, 4.69) is 10.3 Å². The Kier molecular flexibility index (Phi) is 6.22. The van der Waals surface area contributed by atoms with Crippen LogP contribution in [0.4, 0.5) is 20.2 Å². The predicted molar refractivity (Wildman–Crippen MR) is 104 cm³/mol. The number of carbonyl (C=O) groups is 1. The summed E-state index contributed by atoms with van der Waals surface area (Å²) in [5.41, 5.74) is 5.42. The van der Waals surface area contributed by atoms with Crippen LogP contribution in [0.2, 0.25) is 0 Å². The first-order valence-corrected chi connectivity index (χ1v) is 9.45. The van der Waals surface area contributed by atoms with E-state index in [0.717, 1.165) is 6.20 Å². The number of carbonyl (C=O) groups excluding carboxylic acids is 1. The van der Waals surface area contributed by atoms with Gasteiger partial charge in [0, 0.05) is 9.61 Å². The van der Waals surface area contributed by atoms with Crippen LogP contribution < -0.4 is 11.1 Å². The maximum absolute atomic E-state index is 14.3. The fourth-order valence-corrected chi connectivity index (χ4v) is 3.42. The lowest BCUT2D eigenvalue weighted by Crippen LogP contribution is -2.48. The molecule has 1 aliphatic carbocycles. The number of nitrogens with one attached hydrogen (secondary N) is 1. The van der Waals surface area contributed by atoms with Crippen LogP contribution in [0.15, 0.2) is 30.6 Å². The zero-order chi connectivity index (χ0) is 19.6. The van der Waals surface area contributed by atoms with E-state index in [1.54, 1.807) is 6.07 Å². The summed E-state index contributed by atoms with van der Waals surface area (Å²) in [5, 5.41) is 12.8. The Morgan fingerprint density at radius 2 is 2.04 bits per heavy atom. The van der Waals surface area contributed by atoms with Crippen LogP contribution in [0.5, 0.6) is 0 Å². The highest BCUT2D eigenvalue weighted by molar-refractivity contribution is 14.1. The Morgan fingerprint density at radius 1 is 1.26 bits per heavy atom. The molecule has 1 heterocycles. The second-order valence-electron chi connectivity index (χ2n) is 6.32. The molecule has 1 aromatic carbocycles. The molecule has 1 aliphatic rings. The average Bonchev–Trinajstić information content (AvgIpc) is 2.61. The molecular weight excluding hydrogens is 471 g/mol. The van der Waals surface area contributed by atoms with Crippen molar-refractivity contribution in [3.63, 3.8) is 0 Å². The van der Waals surface area contributed by atoms with Crippen molar-refractivity contribution in [2.45, 2.75) is 37.5 Å². The lowest BCUT2D eigenvalue weighted by atomic mass is 9.90. The zero-order valence-corrected chi connectivity index (χ0v) is 16.3. The minimum Gasteiger partial charge on any atom is -0.456 e. The van der Waals surface area contributed by atoms with Crippen LogP contribution in [0.1, 0.15) is 29.6 Å². The van der Waals surface area contributed by atoms with Gasteiger partial charge in [-0.2, -0.15) is 0 Å². The summed E-state index contributed by atoms with van der Waals surface area (Å²) in [4.78, 5) is 16.3. The number of hydrogen-bond acceptors (Lipinski definition) is 6. The SMILES string of the molecule is NC1CCCC(OC(=O)c2c(F)cncc2Nc2ccc(I)cc2F)C1O. The summed E-state index contributed by atoms with van der Waals surface area (Å²) < 4.78 is 34.4. The highest BCUT2D eigenvalue weighted by Crippen LogP contribution is 2.28. The van der Waals surface area contributed by atoms with Crippen molar-refractivity contribution in [3.8, 4) is 0 Å². The van der Waals surface area contributed by atoms with Crippen LogP contribution in [-0.2, 0) is 4.74 Å². The van der Waals surface area contributed by atoms with Crippen LogP contribution in [0.25, 0.3) is 0 Å². The summed E-state index contributed by atoms with van der Waals surface area (Å²) in [7, 11) is 0. The molecule has 2 aromatic rings. The quantitative estimate of drug-likeness (QED) is 0.451. The van der Waals surface area contributed by atoms with E-state index in [0.29, 0.717) is 22.8 Å². The van der Waals surface area contributed by atoms with E-state index in [4.69, 9.17) is 10.5 Å². The second kappa shape index (κ2) is 8.44. The number of esters is 1. The van der Waals surface area contributed by atoms with Crippen molar-refractivity contribution >= 4 is 39.9 Å². The van der Waals surface area contributed by atoms with Gasteiger partial charge in [0.25, 0.3) is 0 Å². The average molecular weight is 489 g/mol. The Labute approximate surface area is 168 Å². The minimum atomic E-state index is -1.02. The van der Waals surface area contributed by atoms with Gasteiger partial charge in [0.05, 0.1) is 23.8 Å². The molecule has 0 bridgehead atoms. The number of ether oxygens (including phenoxy) is 1. The fourth-order valence-electron chi connectivity index (χ4n) is 2.97. The molecule has 3 unspecified atom stereocenters. The Morgan fingerprint density at radius 3 is 2.78 bits per heavy atom. The first-order valence-electron chi connectivity index (χ1n) is 8.37. The Bertz CT molecular complexity index is 853. The molecule has 3 rings (SSSR count). The zero-order valence-electron chi connectivity index (χ0n) is 14.2. The summed E-state index contributed by atoms with van der Waals surface area (Å²) in [6.45, 7) is 0. The normalized spacial score (nSPS) is 22.3. The van der Waals surface area contributed by atoms with E-state index in [-0.39, 0.29) is 11.4 Å². The molecule has 9 heteroatoms. The molecule has 3 atom stereocenters. The number of anilines is 2. The fraction of sp³-hybridized carbons (Fsp3) is 0.333. The molecule has 0 aliphatic heterocycles. The largest absolute Gasteiger partial charge is 0.456 e. The Balaban J connectivity index is 1.85. The number of aromatic nitrogens is 1. The van der Waals surface area contributed by atoms with Crippen molar-refractivity contribution in [1.82, 2.24) is 4.98 Å². The van der Waals surface area contributed by atoms with Crippen LogP contribution >= 0.6 is 22.6 Å². The topological polar surface area (TPSA) is 97.5 Å². The van der Waals surface area contributed by atoms with Crippen molar-refractivity contribution in [2.24, 2.45) is 5.73 Å². The number of rotatable bonds is 4. The number of aliphatic hydroxyl groups is 1. The lowest BCUT2D eigenvalue weighted by molar-refractivity contribution is -0.0439. The van der Waals surface area contributed by atoms with Gasteiger partial charge in [-0.15, -0.1) is 0 Å². The lowest BCUT2D eigenvalue weighted by Gasteiger charge is -2.32. The molecule has 1 aromatic heterocycles. The number of aliphatic hydroxyl groups excluding tert-OH is 1. The molecule has 0 amide bonds. The molecule has 6 nitrogen and oxygen atoms in total. The number of hydrogen-bond donors (Lipinski definition) is 3. The van der Waals surface area contributed by atoms with Crippen molar-refractivity contribution in [3.05, 3.63) is 51.4 Å². The molecule has 144 valence electrons. The van der Waals surface area contributed by atoms with Crippen LogP contribution in [-0.4, -0.2) is 34.3 Å². The highest BCUT2D eigenvalue weighted by atomic mass is 127. The minimum absolute atomic E-state index is 0.0327. The summed E-state index contributed by atoms with van der Waals surface area (Å²) in [6, 6.07) is 3.93. The van der Waals surface area contributed by atoms with Crippen molar-refractivity contribution in [1.29, 1.82) is 0 Å². The summed E-state index contributed by atoms with van der Waals surface area (Å²) >= 11 is 1.96. The third-order valence-corrected chi connectivity index (χ3v) is 5.08. The van der Waals surface area contributed by atoms with Crippen LogP contribution in [0.3, 0.4) is 0 Å². The molecule has 0 radical (unpaired) electrons. The van der Waals surface area contributed by atoms with Gasteiger partial charge < -0.3 is 20.9 Å². The molecule has 1 saturated carbocycles. The second-order valence-corrected chi connectivity index (χ2v) is 7.57. The number of benzene rings is 1. The van der Waals surface area contributed by atoms with Gasteiger partial charge in [0.2, 0.25) is 0 Å². The third kappa shape index (κ3) is 4.53. The number of pyridine rings is 1.